The van der Waals surface area contributed by atoms with E-state index in [0.717, 1.165) is 42.0 Å². The zero-order chi connectivity index (χ0) is 39.8. The van der Waals surface area contributed by atoms with Crippen LogP contribution in [0.4, 0.5) is 34.1 Å². The molecule has 8 aromatic rings. The third-order valence-electron chi connectivity index (χ3n) is 13.5. The van der Waals surface area contributed by atoms with Gasteiger partial charge in [-0.25, -0.2) is 0 Å². The minimum absolute atomic E-state index is 0.0468. The first-order chi connectivity index (χ1) is 29.6. The molecule has 2 nitrogen and oxygen atoms in total. The van der Waals surface area contributed by atoms with Crippen molar-refractivity contribution in [3.63, 3.8) is 0 Å². The van der Waals surface area contributed by atoms with Gasteiger partial charge in [0.1, 0.15) is 0 Å². The molecule has 2 unspecified atom stereocenters. The van der Waals surface area contributed by atoms with Crippen molar-refractivity contribution in [2.75, 3.05) is 9.80 Å². The van der Waals surface area contributed by atoms with E-state index in [2.05, 4.69) is 223 Å². The average molecular weight is 769 g/mol. The summed E-state index contributed by atoms with van der Waals surface area (Å²) in [5.74, 6) is 0.513. The molecule has 0 saturated carbocycles. The quantitative estimate of drug-likeness (QED) is 0.159. The first-order valence-corrected chi connectivity index (χ1v) is 21.4. The summed E-state index contributed by atoms with van der Waals surface area (Å²) in [6.45, 7) is 2.37. The fourth-order valence-corrected chi connectivity index (χ4v) is 10.8. The lowest BCUT2D eigenvalue weighted by Crippen LogP contribution is -2.23. The molecule has 0 N–H and O–H groups in total. The van der Waals surface area contributed by atoms with Gasteiger partial charge in [0.25, 0.3) is 0 Å². The topological polar surface area (TPSA) is 6.48 Å². The predicted molar refractivity (Wildman–Crippen MR) is 254 cm³/mol. The van der Waals surface area contributed by atoms with E-state index < -0.39 is 0 Å². The van der Waals surface area contributed by atoms with E-state index >= 15 is 0 Å². The van der Waals surface area contributed by atoms with Crippen LogP contribution in [0, 0.1) is 5.92 Å². The maximum Gasteiger partial charge on any atom is 0.0540 e. The van der Waals surface area contributed by atoms with Gasteiger partial charge in [0, 0.05) is 38.9 Å². The highest BCUT2D eigenvalue weighted by Crippen LogP contribution is 2.53. The Bertz CT molecular complexity index is 3110. The second kappa shape index (κ2) is 13.7. The summed E-state index contributed by atoms with van der Waals surface area (Å²) in [4.78, 5) is 4.85. The van der Waals surface area contributed by atoms with E-state index in [4.69, 9.17) is 0 Å². The number of benzene rings is 8. The lowest BCUT2D eigenvalue weighted by atomic mass is 9.76. The molecule has 8 aromatic carbocycles. The molecule has 0 radical (unpaired) electrons. The molecule has 60 heavy (non-hydrogen) atoms. The Kier molecular flexibility index (Phi) is 7.96. The highest BCUT2D eigenvalue weighted by Gasteiger charge is 2.38. The van der Waals surface area contributed by atoms with Crippen molar-refractivity contribution >= 4 is 66.8 Å². The monoisotopic (exact) mass is 768 g/mol. The Morgan fingerprint density at radius 1 is 0.500 bits per heavy atom. The first-order valence-electron chi connectivity index (χ1n) is 21.4. The highest BCUT2D eigenvalue weighted by molar-refractivity contribution is 6.19. The number of hydrogen-bond donors (Lipinski definition) is 0. The van der Waals surface area contributed by atoms with Gasteiger partial charge in [-0.3, -0.25) is 0 Å². The normalized spacial score (nSPS) is 18.2. The Morgan fingerprint density at radius 3 is 1.73 bits per heavy atom. The Morgan fingerprint density at radius 2 is 1.10 bits per heavy atom. The van der Waals surface area contributed by atoms with Gasteiger partial charge in [-0.05, 0) is 141 Å². The molecule has 0 amide bonds. The number of rotatable bonds is 7. The number of para-hydroxylation sites is 2. The molecule has 12 rings (SSSR count). The fourth-order valence-electron chi connectivity index (χ4n) is 10.8. The third kappa shape index (κ3) is 5.34. The molecule has 4 aliphatic carbocycles. The van der Waals surface area contributed by atoms with Gasteiger partial charge in [0.05, 0.1) is 11.4 Å². The summed E-state index contributed by atoms with van der Waals surface area (Å²) in [6, 6.07) is 63.0. The van der Waals surface area contributed by atoms with E-state index in [9.17, 15) is 0 Å². The van der Waals surface area contributed by atoms with Crippen molar-refractivity contribution in [1.82, 2.24) is 0 Å². The number of nitrogens with zero attached hydrogens (tertiary/aromatic N) is 2. The number of anilines is 6. The largest absolute Gasteiger partial charge is 0.310 e. The van der Waals surface area contributed by atoms with Gasteiger partial charge < -0.3 is 9.80 Å². The lowest BCUT2D eigenvalue weighted by molar-refractivity contribution is 0.557. The average Bonchev–Trinajstić information content (AvgIpc) is 3.80. The van der Waals surface area contributed by atoms with Crippen molar-refractivity contribution in [2.45, 2.75) is 31.6 Å². The van der Waals surface area contributed by atoms with Crippen molar-refractivity contribution in [3.8, 4) is 11.1 Å². The molecular formula is C58H44N2. The molecule has 0 heterocycles. The van der Waals surface area contributed by atoms with Gasteiger partial charge >= 0.3 is 0 Å². The summed E-state index contributed by atoms with van der Waals surface area (Å²) < 4.78 is 0. The predicted octanol–water partition coefficient (Wildman–Crippen LogP) is 15.7. The molecule has 2 heteroatoms. The van der Waals surface area contributed by atoms with Crippen LogP contribution >= 0.6 is 0 Å². The van der Waals surface area contributed by atoms with E-state index in [-0.39, 0.29) is 5.41 Å². The molecule has 4 aliphatic rings. The van der Waals surface area contributed by atoms with Crippen LogP contribution < -0.4 is 9.80 Å². The van der Waals surface area contributed by atoms with Crippen molar-refractivity contribution in [3.05, 3.63) is 229 Å². The minimum atomic E-state index is 0.0468. The molecular weight excluding hydrogens is 725 g/mol. The highest BCUT2D eigenvalue weighted by atomic mass is 15.1. The summed E-state index contributed by atoms with van der Waals surface area (Å²) >= 11 is 0. The second-order valence-electron chi connectivity index (χ2n) is 17.0. The zero-order valence-electron chi connectivity index (χ0n) is 33.7. The Balaban J connectivity index is 0.910. The summed E-state index contributed by atoms with van der Waals surface area (Å²) in [5.41, 5.74) is 17.9. The van der Waals surface area contributed by atoms with Gasteiger partial charge in [-0.1, -0.05) is 153 Å². The van der Waals surface area contributed by atoms with Crippen LogP contribution in [0.1, 0.15) is 42.0 Å². The van der Waals surface area contributed by atoms with Crippen LogP contribution in [-0.2, 0) is 11.8 Å². The van der Waals surface area contributed by atoms with Crippen molar-refractivity contribution < 1.29 is 0 Å². The van der Waals surface area contributed by atoms with Crippen LogP contribution in [0.2, 0.25) is 0 Å². The van der Waals surface area contributed by atoms with Gasteiger partial charge in [0.15, 0.2) is 0 Å². The maximum absolute atomic E-state index is 2.43. The molecule has 0 aromatic heterocycles. The minimum Gasteiger partial charge on any atom is -0.310 e. The SMILES string of the molecule is CC1CC=CC2=C1c1cccc3c(N(c4ccccc4)c4ccc(-c5ccc(N(c6ccccc6)c6ccc7c8c(cccc68)CC76C=CC=CC6)cc5)cc4)ccc2c13. The third-order valence-corrected chi connectivity index (χ3v) is 13.5. The van der Waals surface area contributed by atoms with Crippen molar-refractivity contribution in [2.24, 2.45) is 5.92 Å². The maximum atomic E-state index is 2.43. The van der Waals surface area contributed by atoms with Gasteiger partial charge in [-0.15, -0.1) is 0 Å². The molecule has 0 bridgehead atoms. The number of fused-ring (bicyclic) bond motifs is 3. The summed E-state index contributed by atoms with van der Waals surface area (Å²) in [7, 11) is 0. The standard InChI is InChI=1S/C58H44N2/c1-39-14-11-20-47-48-32-34-53(50-22-13-23-51(55(39)47)57(48)50)59(43-16-5-2-6-17-43)45-28-24-40(25-29-45)41-26-30-46(31-27-41)60(44-18-7-3-8-19-44)54-35-33-52-56-42(15-12-21-49(54)56)38-58(52)36-9-4-10-37-58/h2-13,15-36,39H,14,37-38H2,1H3. The van der Waals surface area contributed by atoms with Crippen LogP contribution in [0.25, 0.3) is 43.8 Å². The first kappa shape index (κ1) is 34.8. The lowest BCUT2D eigenvalue weighted by Gasteiger charge is -2.30. The molecule has 286 valence electrons. The van der Waals surface area contributed by atoms with Crippen LogP contribution in [-0.4, -0.2) is 0 Å². The summed E-state index contributed by atoms with van der Waals surface area (Å²) in [6.07, 6.45) is 17.0. The number of hydrogen-bond acceptors (Lipinski definition) is 2. The number of allylic oxidation sites excluding steroid dienone is 8. The summed E-state index contributed by atoms with van der Waals surface area (Å²) in [5, 5.41) is 5.38. The molecule has 0 saturated heterocycles. The smallest absolute Gasteiger partial charge is 0.0540 e. The van der Waals surface area contributed by atoms with Gasteiger partial charge in [-0.2, -0.15) is 0 Å². The fraction of sp³-hybridized carbons (Fsp3) is 0.103. The molecule has 0 aliphatic heterocycles. The van der Waals surface area contributed by atoms with E-state index in [1.807, 2.05) is 0 Å². The molecule has 1 spiro atoms. The second-order valence-corrected chi connectivity index (χ2v) is 17.0. The van der Waals surface area contributed by atoms with E-state index in [1.54, 1.807) is 0 Å². The Hall–Kier alpha value is -7.16. The van der Waals surface area contributed by atoms with E-state index in [1.165, 1.54) is 77.4 Å². The van der Waals surface area contributed by atoms with Crippen LogP contribution in [0.5, 0.6) is 0 Å². The molecule has 0 fully saturated rings. The van der Waals surface area contributed by atoms with Crippen LogP contribution in [0.15, 0.2) is 206 Å². The zero-order valence-corrected chi connectivity index (χ0v) is 33.7. The Labute approximate surface area is 352 Å². The molecule has 2 atom stereocenters. The van der Waals surface area contributed by atoms with Crippen molar-refractivity contribution in [1.29, 1.82) is 0 Å². The van der Waals surface area contributed by atoms with Crippen LogP contribution in [0.3, 0.4) is 0 Å². The van der Waals surface area contributed by atoms with Gasteiger partial charge in [0.2, 0.25) is 0 Å². The van der Waals surface area contributed by atoms with E-state index in [0.29, 0.717) is 5.92 Å².